The second-order valence-corrected chi connectivity index (χ2v) is 10.2. The quantitative estimate of drug-likeness (QED) is 0.691. The Hall–Kier alpha value is -2.35. The second kappa shape index (κ2) is 6.08. The summed E-state index contributed by atoms with van der Waals surface area (Å²) >= 11 is 1.31. The molecule has 1 N–H and O–H groups in total. The van der Waals surface area contributed by atoms with Gasteiger partial charge in [-0.15, -0.1) is 15.3 Å². The van der Waals surface area contributed by atoms with Crippen molar-refractivity contribution >= 4 is 27.3 Å². The van der Waals surface area contributed by atoms with Gasteiger partial charge in [0.2, 0.25) is 16.0 Å². The van der Waals surface area contributed by atoms with E-state index in [1.807, 2.05) is 6.07 Å². The van der Waals surface area contributed by atoms with Crippen molar-refractivity contribution in [1.82, 2.24) is 19.8 Å². The smallest absolute Gasteiger partial charge is 0.236 e. The van der Waals surface area contributed by atoms with Crippen LogP contribution in [0.25, 0.3) is 16.3 Å². The maximum atomic E-state index is 14.0. The first-order valence-corrected chi connectivity index (χ1v) is 11.1. The molecule has 2 heterocycles. The number of halogens is 1. The number of hydrogen-bond acceptors (Lipinski definition) is 5. The minimum Gasteiger partial charge on any atom is -0.300 e. The highest BCUT2D eigenvalue weighted by molar-refractivity contribution is 7.20. The molecule has 2 aromatic heterocycles. The zero-order chi connectivity index (χ0) is 19.8. The lowest BCUT2D eigenvalue weighted by Crippen LogP contribution is -2.51. The van der Waals surface area contributed by atoms with E-state index in [2.05, 4.69) is 20.6 Å². The summed E-state index contributed by atoms with van der Waals surface area (Å²) in [6, 6.07) is 4.97. The second-order valence-electron chi connectivity index (χ2n) is 9.24. The Labute approximate surface area is 171 Å². The molecule has 150 valence electrons. The molecular formula is C21H22FN5OS. The van der Waals surface area contributed by atoms with Crippen molar-refractivity contribution in [3.05, 3.63) is 29.6 Å². The van der Waals surface area contributed by atoms with E-state index in [1.54, 1.807) is 17.5 Å². The molecule has 0 saturated heterocycles. The summed E-state index contributed by atoms with van der Waals surface area (Å²) in [4.78, 5) is 13.8. The lowest BCUT2D eigenvalue weighted by atomic mass is 9.49. The fourth-order valence-corrected chi connectivity index (χ4v) is 6.93. The van der Waals surface area contributed by atoms with Crippen molar-refractivity contribution < 1.29 is 9.18 Å². The van der Waals surface area contributed by atoms with Gasteiger partial charge >= 0.3 is 0 Å². The van der Waals surface area contributed by atoms with Crippen LogP contribution < -0.4 is 5.32 Å². The number of nitrogens with zero attached hydrogens (tertiary/aromatic N) is 4. The predicted molar refractivity (Wildman–Crippen MR) is 108 cm³/mol. The van der Waals surface area contributed by atoms with Crippen molar-refractivity contribution in [2.75, 3.05) is 5.32 Å². The van der Waals surface area contributed by atoms with E-state index in [0.717, 1.165) is 19.3 Å². The van der Waals surface area contributed by atoms with E-state index in [1.165, 1.54) is 36.7 Å². The maximum Gasteiger partial charge on any atom is 0.236 e. The van der Waals surface area contributed by atoms with Crippen molar-refractivity contribution in [2.24, 2.45) is 23.2 Å². The number of rotatable bonds is 3. The first kappa shape index (κ1) is 17.5. The molecule has 0 radical (unpaired) electrons. The van der Waals surface area contributed by atoms with Gasteiger partial charge in [-0.05, 0) is 74.8 Å². The maximum absolute atomic E-state index is 14.0. The molecule has 0 spiro atoms. The molecule has 1 aromatic carbocycles. The summed E-state index contributed by atoms with van der Waals surface area (Å²) in [6.07, 6.45) is 6.97. The van der Waals surface area contributed by atoms with Gasteiger partial charge in [-0.25, -0.2) is 4.39 Å². The normalized spacial score (nSPS) is 30.2. The molecule has 0 atom stereocenters. The van der Waals surface area contributed by atoms with Crippen LogP contribution in [0.1, 0.15) is 44.1 Å². The molecule has 0 unspecified atom stereocenters. The zero-order valence-corrected chi connectivity index (χ0v) is 17.0. The largest absolute Gasteiger partial charge is 0.300 e. The van der Waals surface area contributed by atoms with Crippen molar-refractivity contribution in [1.29, 1.82) is 0 Å². The number of aromatic nitrogens is 4. The van der Waals surface area contributed by atoms with E-state index in [9.17, 15) is 9.18 Å². The van der Waals surface area contributed by atoms with Crippen LogP contribution in [0, 0.1) is 35.9 Å². The summed E-state index contributed by atoms with van der Waals surface area (Å²) in [5.41, 5.74) is 0.977. The number of nitrogens with one attached hydrogen (secondary N) is 1. The van der Waals surface area contributed by atoms with Crippen LogP contribution in [0.5, 0.6) is 0 Å². The third kappa shape index (κ3) is 2.72. The number of anilines is 1. The molecule has 4 bridgehead atoms. The number of carbonyl (C=O) groups excluding carboxylic acids is 1. The molecule has 7 rings (SSSR count). The van der Waals surface area contributed by atoms with Crippen molar-refractivity contribution in [3.8, 4) is 11.4 Å². The topological polar surface area (TPSA) is 72.2 Å². The van der Waals surface area contributed by atoms with E-state index < -0.39 is 0 Å². The standard InChI is InChI=1S/C21H22FN5OS/c1-11-2-3-15(7-16(11)22)17-24-25-20-27(17)26-19(29-20)23-18(28)21-8-12-4-13(9-21)6-14(5-12)10-21/h2-3,7,12-14H,4-6,8-10H2,1H3,(H,23,26,28). The average Bonchev–Trinajstić information content (AvgIpc) is 3.23. The first-order chi connectivity index (χ1) is 14.0. The zero-order valence-electron chi connectivity index (χ0n) is 16.2. The highest BCUT2D eigenvalue weighted by Crippen LogP contribution is 2.60. The van der Waals surface area contributed by atoms with Gasteiger partial charge in [-0.2, -0.15) is 4.52 Å². The Kier molecular flexibility index (Phi) is 3.67. The Balaban J connectivity index is 1.29. The van der Waals surface area contributed by atoms with Crippen LogP contribution in [0.15, 0.2) is 18.2 Å². The average molecular weight is 412 g/mol. The number of benzene rings is 1. The van der Waals surface area contributed by atoms with E-state index >= 15 is 0 Å². The lowest BCUT2D eigenvalue weighted by molar-refractivity contribution is -0.140. The monoisotopic (exact) mass is 411 g/mol. The van der Waals surface area contributed by atoms with Gasteiger partial charge in [0.05, 0.1) is 5.41 Å². The van der Waals surface area contributed by atoms with Gasteiger partial charge in [0.1, 0.15) is 5.82 Å². The Morgan fingerprint density at radius 3 is 2.52 bits per heavy atom. The Morgan fingerprint density at radius 2 is 1.86 bits per heavy atom. The third-order valence-corrected chi connectivity index (χ3v) is 7.98. The van der Waals surface area contributed by atoms with Gasteiger partial charge in [-0.3, -0.25) is 4.79 Å². The molecule has 4 aliphatic rings. The third-order valence-electron chi connectivity index (χ3n) is 7.16. The highest BCUT2D eigenvalue weighted by atomic mass is 32.1. The molecule has 8 heteroatoms. The summed E-state index contributed by atoms with van der Waals surface area (Å²) in [6.45, 7) is 1.72. The van der Waals surface area contributed by atoms with E-state index in [-0.39, 0.29) is 17.1 Å². The molecule has 4 aliphatic carbocycles. The molecule has 4 fully saturated rings. The summed E-state index contributed by atoms with van der Waals surface area (Å²) in [5, 5.41) is 16.5. The molecule has 4 saturated carbocycles. The minimum absolute atomic E-state index is 0.115. The summed E-state index contributed by atoms with van der Waals surface area (Å²) in [5.74, 6) is 2.45. The number of hydrogen-bond donors (Lipinski definition) is 1. The molecule has 3 aromatic rings. The van der Waals surface area contributed by atoms with Gasteiger partial charge < -0.3 is 5.32 Å². The minimum atomic E-state index is -0.287. The van der Waals surface area contributed by atoms with Gasteiger partial charge in [-0.1, -0.05) is 23.5 Å². The van der Waals surface area contributed by atoms with Gasteiger partial charge in [0.15, 0.2) is 5.82 Å². The van der Waals surface area contributed by atoms with E-state index in [4.69, 9.17) is 0 Å². The highest BCUT2D eigenvalue weighted by Gasteiger charge is 2.54. The van der Waals surface area contributed by atoms with E-state index in [0.29, 0.717) is 44.8 Å². The molecular weight excluding hydrogens is 389 g/mol. The number of fused-ring (bicyclic) bond motifs is 1. The van der Waals surface area contributed by atoms with Gasteiger partial charge in [0.25, 0.3) is 0 Å². The number of amides is 1. The molecule has 29 heavy (non-hydrogen) atoms. The van der Waals surface area contributed by atoms with Crippen molar-refractivity contribution in [3.63, 3.8) is 0 Å². The molecule has 0 aliphatic heterocycles. The fraction of sp³-hybridized carbons (Fsp3) is 0.524. The van der Waals surface area contributed by atoms with Crippen molar-refractivity contribution in [2.45, 2.75) is 45.4 Å². The van der Waals surface area contributed by atoms with Crippen LogP contribution >= 0.6 is 11.3 Å². The van der Waals surface area contributed by atoms with Gasteiger partial charge in [0, 0.05) is 5.56 Å². The predicted octanol–water partition coefficient (Wildman–Crippen LogP) is 4.46. The SMILES string of the molecule is Cc1ccc(-c2nnc3sc(NC(=O)C45CC6CC(CC(C6)C4)C5)nn23)cc1F. The van der Waals surface area contributed by atoms with Crippen LogP contribution in [-0.2, 0) is 4.79 Å². The van der Waals surface area contributed by atoms with Crippen LogP contribution in [-0.4, -0.2) is 25.7 Å². The summed E-state index contributed by atoms with van der Waals surface area (Å²) < 4.78 is 15.6. The first-order valence-electron chi connectivity index (χ1n) is 10.3. The lowest BCUT2D eigenvalue weighted by Gasteiger charge is -2.55. The number of carbonyl (C=O) groups is 1. The Morgan fingerprint density at radius 1 is 1.17 bits per heavy atom. The molecule has 6 nitrogen and oxygen atoms in total. The molecule has 1 amide bonds. The fourth-order valence-electron chi connectivity index (χ4n) is 6.20. The number of aryl methyl sites for hydroxylation is 1. The Bertz CT molecular complexity index is 1100. The summed E-state index contributed by atoms with van der Waals surface area (Å²) in [7, 11) is 0. The van der Waals surface area contributed by atoms with Crippen LogP contribution in [0.2, 0.25) is 0 Å². The van der Waals surface area contributed by atoms with Crippen LogP contribution in [0.4, 0.5) is 9.52 Å². The van der Waals surface area contributed by atoms with Crippen LogP contribution in [0.3, 0.4) is 0 Å².